The first kappa shape index (κ1) is 18.2. The predicted molar refractivity (Wildman–Crippen MR) is 80.5 cm³/mol. The van der Waals surface area contributed by atoms with E-state index in [0.29, 0.717) is 0 Å². The topological polar surface area (TPSA) is 41.6 Å². The molecule has 0 saturated carbocycles. The average molecular weight is 272 g/mol. The Morgan fingerprint density at radius 1 is 1.21 bits per heavy atom. The molecule has 19 heavy (non-hydrogen) atoms. The van der Waals surface area contributed by atoms with E-state index in [1.807, 2.05) is 20.8 Å². The number of likely N-dealkylation sites (N-methyl/N-ethyl adjacent to an activating group) is 1. The maximum Gasteiger partial charge on any atom is 0.407 e. The van der Waals surface area contributed by atoms with Crippen LogP contribution in [0.25, 0.3) is 0 Å². The molecule has 0 heterocycles. The van der Waals surface area contributed by atoms with Gasteiger partial charge in [-0.25, -0.2) is 4.79 Å². The van der Waals surface area contributed by atoms with E-state index in [1.165, 1.54) is 0 Å². The summed E-state index contributed by atoms with van der Waals surface area (Å²) in [5.74, 6) is 0. The number of rotatable bonds is 8. The molecule has 1 N–H and O–H groups in total. The summed E-state index contributed by atoms with van der Waals surface area (Å²) >= 11 is 0. The van der Waals surface area contributed by atoms with E-state index in [2.05, 4.69) is 31.0 Å². The number of ether oxygens (including phenoxy) is 1. The lowest BCUT2D eigenvalue weighted by molar-refractivity contribution is 0.0489. The van der Waals surface area contributed by atoms with Crippen molar-refractivity contribution >= 4 is 6.09 Å². The number of carbonyl (C=O) groups excluding carboxylic acids is 1. The maximum absolute atomic E-state index is 11.8. The van der Waals surface area contributed by atoms with Gasteiger partial charge in [0.25, 0.3) is 0 Å². The molecule has 0 unspecified atom stereocenters. The number of nitrogens with zero attached hydrogens (tertiary/aromatic N) is 1. The maximum atomic E-state index is 11.8. The van der Waals surface area contributed by atoms with Crippen LogP contribution in [-0.4, -0.2) is 42.3 Å². The third kappa shape index (κ3) is 9.77. The molecule has 0 aliphatic carbocycles. The minimum atomic E-state index is -0.436. The summed E-state index contributed by atoms with van der Waals surface area (Å²) in [5, 5.41) is 3.00. The SMILES string of the molecule is CCCC[C@@H](CN(CC)CC)NC(=O)OC(C)(C)C. The first-order valence-electron chi connectivity index (χ1n) is 7.54. The van der Waals surface area contributed by atoms with Gasteiger partial charge in [-0.1, -0.05) is 33.6 Å². The molecule has 0 aromatic heterocycles. The van der Waals surface area contributed by atoms with Crippen molar-refractivity contribution in [2.24, 2.45) is 0 Å². The van der Waals surface area contributed by atoms with E-state index in [1.54, 1.807) is 0 Å². The van der Waals surface area contributed by atoms with Crippen molar-refractivity contribution in [3.05, 3.63) is 0 Å². The van der Waals surface area contributed by atoms with Crippen LogP contribution in [0.5, 0.6) is 0 Å². The second kappa shape index (κ2) is 9.18. The lowest BCUT2D eigenvalue weighted by Crippen LogP contribution is -2.45. The van der Waals surface area contributed by atoms with Gasteiger partial charge >= 0.3 is 6.09 Å². The molecule has 0 rings (SSSR count). The largest absolute Gasteiger partial charge is 0.444 e. The zero-order chi connectivity index (χ0) is 14.9. The first-order valence-corrected chi connectivity index (χ1v) is 7.54. The molecule has 0 spiro atoms. The molecule has 1 atom stereocenters. The Kier molecular flexibility index (Phi) is 8.81. The number of carbonyl (C=O) groups is 1. The molecular formula is C15H32N2O2. The minimum absolute atomic E-state index is 0.176. The molecule has 4 heteroatoms. The van der Waals surface area contributed by atoms with Crippen LogP contribution in [0.15, 0.2) is 0 Å². The van der Waals surface area contributed by atoms with E-state index in [0.717, 1.165) is 38.9 Å². The van der Waals surface area contributed by atoms with Gasteiger partial charge in [-0.3, -0.25) is 0 Å². The Morgan fingerprint density at radius 2 is 1.79 bits per heavy atom. The summed E-state index contributed by atoms with van der Waals surface area (Å²) in [4.78, 5) is 14.2. The molecule has 0 bridgehead atoms. The van der Waals surface area contributed by atoms with Crippen LogP contribution in [0.4, 0.5) is 4.79 Å². The van der Waals surface area contributed by atoms with E-state index in [9.17, 15) is 4.79 Å². The molecule has 0 fully saturated rings. The summed E-state index contributed by atoms with van der Waals surface area (Å²) in [6.45, 7) is 15.0. The Morgan fingerprint density at radius 3 is 2.21 bits per heavy atom. The summed E-state index contributed by atoms with van der Waals surface area (Å²) in [6, 6.07) is 0.176. The zero-order valence-corrected chi connectivity index (χ0v) is 13.6. The van der Waals surface area contributed by atoms with Gasteiger partial charge in [-0.15, -0.1) is 0 Å². The third-order valence-electron chi connectivity index (χ3n) is 3.00. The molecule has 0 aliphatic heterocycles. The highest BCUT2D eigenvalue weighted by molar-refractivity contribution is 5.68. The van der Waals surface area contributed by atoms with Gasteiger partial charge in [0.2, 0.25) is 0 Å². The van der Waals surface area contributed by atoms with Gasteiger partial charge in [-0.05, 0) is 40.3 Å². The number of alkyl carbamates (subject to hydrolysis) is 1. The molecule has 0 aromatic carbocycles. The van der Waals surface area contributed by atoms with Gasteiger partial charge in [0.15, 0.2) is 0 Å². The fraction of sp³-hybridized carbons (Fsp3) is 0.933. The average Bonchev–Trinajstić information content (AvgIpc) is 2.30. The van der Waals surface area contributed by atoms with Crippen LogP contribution in [0, 0.1) is 0 Å². The number of amides is 1. The molecule has 0 aromatic rings. The quantitative estimate of drug-likeness (QED) is 0.736. The fourth-order valence-electron chi connectivity index (χ4n) is 1.93. The summed E-state index contributed by atoms with van der Waals surface area (Å²) in [5.41, 5.74) is -0.436. The summed E-state index contributed by atoms with van der Waals surface area (Å²) in [7, 11) is 0. The van der Waals surface area contributed by atoms with Crippen molar-refractivity contribution in [1.29, 1.82) is 0 Å². The smallest absolute Gasteiger partial charge is 0.407 e. The van der Waals surface area contributed by atoms with Crippen molar-refractivity contribution in [2.45, 2.75) is 72.4 Å². The predicted octanol–water partition coefficient (Wildman–Crippen LogP) is 3.41. The van der Waals surface area contributed by atoms with E-state index in [-0.39, 0.29) is 12.1 Å². The molecule has 0 aliphatic rings. The number of hydrogen-bond acceptors (Lipinski definition) is 3. The number of hydrogen-bond donors (Lipinski definition) is 1. The normalized spacial score (nSPS) is 13.4. The number of unbranched alkanes of at least 4 members (excludes halogenated alkanes) is 1. The van der Waals surface area contributed by atoms with Gasteiger partial charge < -0.3 is 15.0 Å². The summed E-state index contributed by atoms with van der Waals surface area (Å²) in [6.07, 6.45) is 2.97. The van der Waals surface area contributed by atoms with Gasteiger partial charge in [0.05, 0.1) is 0 Å². The minimum Gasteiger partial charge on any atom is -0.444 e. The van der Waals surface area contributed by atoms with E-state index >= 15 is 0 Å². The summed E-state index contributed by atoms with van der Waals surface area (Å²) < 4.78 is 5.33. The molecule has 0 saturated heterocycles. The Bertz CT molecular complexity index is 245. The van der Waals surface area contributed by atoms with Gasteiger partial charge in [0, 0.05) is 12.6 Å². The highest BCUT2D eigenvalue weighted by Gasteiger charge is 2.20. The lowest BCUT2D eigenvalue weighted by Gasteiger charge is -2.27. The van der Waals surface area contributed by atoms with Crippen LogP contribution in [0.1, 0.15) is 60.8 Å². The van der Waals surface area contributed by atoms with Crippen LogP contribution < -0.4 is 5.32 Å². The molecule has 0 radical (unpaired) electrons. The fourth-order valence-corrected chi connectivity index (χ4v) is 1.93. The van der Waals surface area contributed by atoms with Gasteiger partial charge in [-0.2, -0.15) is 0 Å². The third-order valence-corrected chi connectivity index (χ3v) is 3.00. The number of nitrogens with one attached hydrogen (secondary N) is 1. The second-order valence-electron chi connectivity index (χ2n) is 5.97. The Hall–Kier alpha value is -0.770. The first-order chi connectivity index (χ1) is 8.82. The highest BCUT2D eigenvalue weighted by Crippen LogP contribution is 2.09. The van der Waals surface area contributed by atoms with Crippen molar-refractivity contribution < 1.29 is 9.53 Å². The van der Waals surface area contributed by atoms with Crippen LogP contribution in [0.3, 0.4) is 0 Å². The standard InChI is InChI=1S/C15H32N2O2/c1-7-10-11-13(12-17(8-2)9-3)16-14(18)19-15(4,5)6/h13H,7-12H2,1-6H3,(H,16,18)/t13-/m0/s1. The Balaban J connectivity index is 4.36. The molecular weight excluding hydrogens is 240 g/mol. The van der Waals surface area contributed by atoms with Crippen molar-refractivity contribution in [2.75, 3.05) is 19.6 Å². The molecule has 1 amide bonds. The Labute approximate surface area is 118 Å². The van der Waals surface area contributed by atoms with Crippen molar-refractivity contribution in [1.82, 2.24) is 10.2 Å². The van der Waals surface area contributed by atoms with Crippen LogP contribution in [-0.2, 0) is 4.74 Å². The monoisotopic (exact) mass is 272 g/mol. The highest BCUT2D eigenvalue weighted by atomic mass is 16.6. The van der Waals surface area contributed by atoms with E-state index in [4.69, 9.17) is 4.74 Å². The van der Waals surface area contributed by atoms with E-state index < -0.39 is 5.60 Å². The second-order valence-corrected chi connectivity index (χ2v) is 5.97. The van der Waals surface area contributed by atoms with Crippen molar-refractivity contribution in [3.63, 3.8) is 0 Å². The van der Waals surface area contributed by atoms with Crippen LogP contribution in [0.2, 0.25) is 0 Å². The van der Waals surface area contributed by atoms with Crippen LogP contribution >= 0.6 is 0 Å². The zero-order valence-electron chi connectivity index (χ0n) is 13.6. The lowest BCUT2D eigenvalue weighted by atomic mass is 10.1. The molecule has 114 valence electrons. The van der Waals surface area contributed by atoms with Gasteiger partial charge in [0.1, 0.15) is 5.60 Å². The van der Waals surface area contributed by atoms with Crippen molar-refractivity contribution in [3.8, 4) is 0 Å². The molecule has 4 nitrogen and oxygen atoms in total.